The Morgan fingerprint density at radius 2 is 1.75 bits per heavy atom. The lowest BCUT2D eigenvalue weighted by Gasteiger charge is -2.20. The van der Waals surface area contributed by atoms with Crippen molar-refractivity contribution in [2.75, 3.05) is 19.5 Å². The second-order valence-electron chi connectivity index (χ2n) is 6.24. The van der Waals surface area contributed by atoms with E-state index in [-0.39, 0.29) is 5.78 Å². The third kappa shape index (κ3) is 3.62. The second kappa shape index (κ2) is 7.82. The number of para-hydroxylation sites is 1. The summed E-state index contributed by atoms with van der Waals surface area (Å²) in [6.07, 6.45) is 3.33. The van der Waals surface area contributed by atoms with Gasteiger partial charge in [0.15, 0.2) is 5.78 Å². The Bertz CT molecular complexity index is 1080. The third-order valence-electron chi connectivity index (χ3n) is 4.50. The van der Waals surface area contributed by atoms with E-state index in [1.165, 1.54) is 4.90 Å². The molecule has 1 aliphatic rings. The topological polar surface area (TPSA) is 47.6 Å². The van der Waals surface area contributed by atoms with E-state index in [9.17, 15) is 4.79 Å². The first-order valence-corrected chi connectivity index (χ1v) is 9.62. The van der Waals surface area contributed by atoms with Crippen molar-refractivity contribution < 1.29 is 14.3 Å². The normalized spacial score (nSPS) is 12.1. The summed E-state index contributed by atoms with van der Waals surface area (Å²) in [7, 11) is 3.20. The van der Waals surface area contributed by atoms with Gasteiger partial charge in [-0.15, -0.1) is 0 Å². The third-order valence-corrected chi connectivity index (χ3v) is 5.65. The summed E-state index contributed by atoms with van der Waals surface area (Å²) in [6.45, 7) is 0. The van der Waals surface area contributed by atoms with Crippen molar-refractivity contribution in [1.29, 1.82) is 0 Å². The molecule has 5 heteroatoms. The molecule has 0 saturated carbocycles. The highest BCUT2D eigenvalue weighted by atomic mass is 32.2. The van der Waals surface area contributed by atoms with E-state index >= 15 is 0 Å². The Morgan fingerprint density at radius 1 is 0.929 bits per heavy atom. The molecule has 0 amide bonds. The molecule has 1 heterocycles. The molecule has 0 atom stereocenters. The fraction of sp³-hybridized carbons (Fsp3) is 0.0870. The van der Waals surface area contributed by atoms with Gasteiger partial charge in [0, 0.05) is 27.0 Å². The maximum absolute atomic E-state index is 12.7. The average Bonchev–Trinajstić information content (AvgIpc) is 2.75. The number of fused-ring (bicyclic) bond motifs is 2. The number of ether oxygens (including phenoxy) is 2. The monoisotopic (exact) mass is 389 g/mol. The maximum Gasteiger partial charge on any atom is 0.185 e. The number of carbonyl (C=O) groups is 1. The Kier molecular flexibility index (Phi) is 5.08. The number of allylic oxidation sites excluding steroid dienone is 1. The molecular formula is C23H19NO3S. The maximum atomic E-state index is 12.7. The van der Waals surface area contributed by atoms with Crippen LogP contribution >= 0.6 is 11.8 Å². The van der Waals surface area contributed by atoms with Crippen LogP contribution in [0.2, 0.25) is 0 Å². The van der Waals surface area contributed by atoms with Crippen LogP contribution in [0.15, 0.2) is 76.5 Å². The average molecular weight is 389 g/mol. The summed E-state index contributed by atoms with van der Waals surface area (Å²) in [5.74, 6) is 1.30. The van der Waals surface area contributed by atoms with Crippen molar-refractivity contribution >= 4 is 35.0 Å². The van der Waals surface area contributed by atoms with Gasteiger partial charge in [-0.3, -0.25) is 4.79 Å². The molecule has 0 spiro atoms. The van der Waals surface area contributed by atoms with Crippen LogP contribution in [-0.2, 0) is 0 Å². The lowest BCUT2D eigenvalue weighted by atomic mass is 10.1. The molecule has 1 aliphatic heterocycles. The van der Waals surface area contributed by atoms with Crippen molar-refractivity contribution in [3.05, 3.63) is 77.9 Å². The lowest BCUT2D eigenvalue weighted by molar-refractivity contribution is 0.104. The van der Waals surface area contributed by atoms with E-state index in [0.29, 0.717) is 17.1 Å². The van der Waals surface area contributed by atoms with Crippen molar-refractivity contribution in [2.45, 2.75) is 9.79 Å². The van der Waals surface area contributed by atoms with Crippen molar-refractivity contribution in [3.8, 4) is 11.5 Å². The van der Waals surface area contributed by atoms with Crippen LogP contribution in [0.3, 0.4) is 0 Å². The zero-order chi connectivity index (χ0) is 19.5. The molecule has 4 rings (SSSR count). The number of hydrogen-bond donors (Lipinski definition) is 1. The second-order valence-corrected chi connectivity index (χ2v) is 7.32. The molecule has 0 aliphatic carbocycles. The van der Waals surface area contributed by atoms with E-state index in [0.717, 1.165) is 21.8 Å². The predicted molar refractivity (Wildman–Crippen MR) is 113 cm³/mol. The zero-order valence-electron chi connectivity index (χ0n) is 15.6. The Labute approximate surface area is 168 Å². The van der Waals surface area contributed by atoms with Gasteiger partial charge in [-0.25, -0.2) is 0 Å². The van der Waals surface area contributed by atoms with E-state index in [1.807, 2.05) is 48.5 Å². The van der Waals surface area contributed by atoms with E-state index in [1.54, 1.807) is 44.2 Å². The Morgan fingerprint density at radius 3 is 2.57 bits per heavy atom. The highest BCUT2D eigenvalue weighted by Gasteiger charge is 2.16. The summed E-state index contributed by atoms with van der Waals surface area (Å²) < 4.78 is 10.6. The van der Waals surface area contributed by atoms with Crippen LogP contribution in [0, 0.1) is 0 Å². The van der Waals surface area contributed by atoms with Crippen LogP contribution in [0.5, 0.6) is 11.5 Å². The van der Waals surface area contributed by atoms with Crippen LogP contribution in [-0.4, -0.2) is 20.0 Å². The Hall–Kier alpha value is -3.18. The highest BCUT2D eigenvalue weighted by Crippen LogP contribution is 2.44. The Balaban J connectivity index is 1.56. The molecular weight excluding hydrogens is 370 g/mol. The molecule has 0 bridgehead atoms. The van der Waals surface area contributed by atoms with Gasteiger partial charge in [0.05, 0.1) is 25.6 Å². The number of benzene rings is 3. The quantitative estimate of drug-likeness (QED) is 0.345. The van der Waals surface area contributed by atoms with Gasteiger partial charge in [-0.2, -0.15) is 0 Å². The molecule has 0 fully saturated rings. The summed E-state index contributed by atoms with van der Waals surface area (Å²) in [5, 5.41) is 3.41. The van der Waals surface area contributed by atoms with Gasteiger partial charge >= 0.3 is 0 Å². The van der Waals surface area contributed by atoms with Gasteiger partial charge in [-0.1, -0.05) is 23.9 Å². The SMILES string of the molecule is COc1ccc(/C=C/C(=O)c2ccc3c(c2)Nc2ccccc2S3)c(OC)c1. The standard InChI is InChI=1S/C23H19NO3S/c1-26-17-10-7-15(21(14-17)27-2)8-11-20(25)16-9-12-23-19(13-16)24-18-5-3-4-6-22(18)28-23/h3-14,24H,1-2H3/b11-8+. The fourth-order valence-corrected chi connectivity index (χ4v) is 3.98. The lowest BCUT2D eigenvalue weighted by Crippen LogP contribution is -2.02. The molecule has 0 saturated heterocycles. The first-order valence-electron chi connectivity index (χ1n) is 8.80. The summed E-state index contributed by atoms with van der Waals surface area (Å²) in [6, 6.07) is 19.4. The minimum absolute atomic E-state index is 0.0636. The summed E-state index contributed by atoms with van der Waals surface area (Å²) >= 11 is 1.70. The van der Waals surface area contributed by atoms with Crippen molar-refractivity contribution in [2.24, 2.45) is 0 Å². The highest BCUT2D eigenvalue weighted by molar-refractivity contribution is 7.99. The van der Waals surface area contributed by atoms with Crippen molar-refractivity contribution in [3.63, 3.8) is 0 Å². The van der Waals surface area contributed by atoms with Crippen LogP contribution in [0.25, 0.3) is 6.08 Å². The zero-order valence-corrected chi connectivity index (χ0v) is 16.4. The van der Waals surface area contributed by atoms with Crippen LogP contribution < -0.4 is 14.8 Å². The molecule has 0 unspecified atom stereocenters. The number of anilines is 2. The molecule has 28 heavy (non-hydrogen) atoms. The van der Waals surface area contributed by atoms with Gasteiger partial charge < -0.3 is 14.8 Å². The minimum atomic E-state index is -0.0636. The first kappa shape index (κ1) is 18.2. The summed E-state index contributed by atoms with van der Waals surface area (Å²) in [4.78, 5) is 15.0. The van der Waals surface area contributed by atoms with Gasteiger partial charge in [-0.05, 0) is 54.6 Å². The van der Waals surface area contributed by atoms with Gasteiger partial charge in [0.25, 0.3) is 0 Å². The number of ketones is 1. The number of hydrogen-bond acceptors (Lipinski definition) is 5. The molecule has 1 N–H and O–H groups in total. The number of carbonyl (C=O) groups excluding carboxylic acids is 1. The molecule has 4 nitrogen and oxygen atoms in total. The van der Waals surface area contributed by atoms with Gasteiger partial charge in [0.2, 0.25) is 0 Å². The minimum Gasteiger partial charge on any atom is -0.497 e. The molecule has 140 valence electrons. The number of nitrogens with one attached hydrogen (secondary N) is 1. The number of methoxy groups -OCH3 is 2. The van der Waals surface area contributed by atoms with Crippen molar-refractivity contribution in [1.82, 2.24) is 0 Å². The van der Waals surface area contributed by atoms with E-state index in [2.05, 4.69) is 11.4 Å². The predicted octanol–water partition coefficient (Wildman–Crippen LogP) is 5.81. The van der Waals surface area contributed by atoms with Gasteiger partial charge in [0.1, 0.15) is 11.5 Å². The van der Waals surface area contributed by atoms with Crippen LogP contribution in [0.4, 0.5) is 11.4 Å². The molecule has 3 aromatic rings. The first-order chi connectivity index (χ1) is 13.7. The largest absolute Gasteiger partial charge is 0.497 e. The fourth-order valence-electron chi connectivity index (χ4n) is 3.01. The molecule has 0 aromatic heterocycles. The summed E-state index contributed by atoms with van der Waals surface area (Å²) in [5.41, 5.74) is 3.46. The number of rotatable bonds is 5. The van der Waals surface area contributed by atoms with Crippen LogP contribution in [0.1, 0.15) is 15.9 Å². The smallest absolute Gasteiger partial charge is 0.185 e. The van der Waals surface area contributed by atoms with E-state index < -0.39 is 0 Å². The molecule has 0 radical (unpaired) electrons. The van der Waals surface area contributed by atoms with E-state index in [4.69, 9.17) is 9.47 Å². The molecule has 3 aromatic carbocycles.